The third kappa shape index (κ3) is 3.75. The van der Waals surface area contributed by atoms with Crippen LogP contribution in [0.2, 0.25) is 0 Å². The zero-order valence-electron chi connectivity index (χ0n) is 10.4. The van der Waals surface area contributed by atoms with Crippen molar-refractivity contribution in [1.82, 2.24) is 0 Å². The molecule has 0 bridgehead atoms. The summed E-state index contributed by atoms with van der Waals surface area (Å²) in [4.78, 5) is 9.80. The number of alkyl halides is 4. The topological polar surface area (TPSA) is 56.3 Å². The second-order valence-electron chi connectivity index (χ2n) is 4.30. The first-order valence-corrected chi connectivity index (χ1v) is 6.25. The zero-order chi connectivity index (χ0) is 15.6. The van der Waals surface area contributed by atoms with Crippen LogP contribution in [0, 0.1) is 10.1 Å². The van der Waals surface area contributed by atoms with Crippen LogP contribution in [0.5, 0.6) is 0 Å². The van der Waals surface area contributed by atoms with Gasteiger partial charge in [0.25, 0.3) is 0 Å². The Morgan fingerprint density at radius 3 is 2.29 bits per heavy atom. The van der Waals surface area contributed by atoms with E-state index in [-0.39, 0.29) is 12.2 Å². The van der Waals surface area contributed by atoms with Crippen LogP contribution < -0.4 is 0 Å². The number of halogens is 4. The maximum absolute atomic E-state index is 12.4. The highest BCUT2D eigenvalue weighted by molar-refractivity contribution is 6.20. The summed E-state index contributed by atoms with van der Waals surface area (Å²) in [5.74, 6) is -0.230. The Hall–Kier alpha value is -2.02. The van der Waals surface area contributed by atoms with Crippen LogP contribution in [0.15, 0.2) is 40.8 Å². The van der Waals surface area contributed by atoms with Gasteiger partial charge in [-0.25, -0.2) is 0 Å². The molecule has 112 valence electrons. The normalized spacial score (nSPS) is 13.1. The lowest BCUT2D eigenvalue weighted by atomic mass is 10.1. The highest BCUT2D eigenvalue weighted by Crippen LogP contribution is 2.32. The van der Waals surface area contributed by atoms with Crippen molar-refractivity contribution in [2.75, 3.05) is 0 Å². The molecule has 1 aromatic carbocycles. The van der Waals surface area contributed by atoms with Crippen molar-refractivity contribution in [3.05, 3.63) is 63.4 Å². The highest BCUT2D eigenvalue weighted by atomic mass is 35.5. The van der Waals surface area contributed by atoms with Gasteiger partial charge in [0.1, 0.15) is 10.7 Å². The molecule has 0 spiro atoms. The minimum atomic E-state index is -4.39. The molecule has 0 saturated carbocycles. The molecule has 21 heavy (non-hydrogen) atoms. The molecule has 4 nitrogen and oxygen atoms in total. The minimum Gasteiger partial charge on any atom is -0.404 e. The lowest BCUT2D eigenvalue weighted by Crippen LogP contribution is -2.04. The fourth-order valence-electron chi connectivity index (χ4n) is 1.75. The Kier molecular flexibility index (Phi) is 4.22. The van der Waals surface area contributed by atoms with E-state index in [0.29, 0.717) is 5.56 Å². The van der Waals surface area contributed by atoms with Crippen LogP contribution >= 0.6 is 11.6 Å². The van der Waals surface area contributed by atoms with Gasteiger partial charge in [0, 0.05) is 0 Å². The van der Waals surface area contributed by atoms with E-state index in [9.17, 15) is 23.3 Å². The van der Waals surface area contributed by atoms with Gasteiger partial charge in [0.2, 0.25) is 0 Å². The Labute approximate surface area is 122 Å². The average molecular weight is 320 g/mol. The van der Waals surface area contributed by atoms with E-state index in [4.69, 9.17) is 16.0 Å². The maximum atomic E-state index is 12.4. The maximum Gasteiger partial charge on any atom is 0.433 e. The first kappa shape index (κ1) is 15.4. The predicted octanol–water partition coefficient (Wildman–Crippen LogP) is 4.73. The molecule has 0 aliphatic heterocycles. The summed E-state index contributed by atoms with van der Waals surface area (Å²) in [6.07, 6.45) is -4.19. The van der Waals surface area contributed by atoms with Gasteiger partial charge in [-0.05, 0) is 30.2 Å². The molecule has 2 rings (SSSR count). The van der Waals surface area contributed by atoms with E-state index in [1.807, 2.05) is 0 Å². The second-order valence-corrected chi connectivity index (χ2v) is 4.83. The van der Waals surface area contributed by atoms with Gasteiger partial charge in [-0.1, -0.05) is 12.1 Å². The molecule has 0 saturated heterocycles. The first-order valence-electron chi connectivity index (χ1n) is 5.81. The monoisotopic (exact) mass is 319 g/mol. The van der Waals surface area contributed by atoms with Crippen LogP contribution in [-0.2, 0) is 12.6 Å². The summed E-state index contributed by atoms with van der Waals surface area (Å²) < 4.78 is 42.2. The number of nitrogens with zero attached hydrogens (tertiary/aromatic N) is 1. The molecular weight excluding hydrogens is 311 g/mol. The number of rotatable bonds is 4. The fraction of sp³-hybridized carbons (Fsp3) is 0.231. The van der Waals surface area contributed by atoms with Gasteiger partial charge < -0.3 is 4.42 Å². The Bertz CT molecular complexity index is 637. The van der Waals surface area contributed by atoms with E-state index in [0.717, 1.165) is 12.1 Å². The molecule has 1 aromatic heterocycles. The summed E-state index contributed by atoms with van der Waals surface area (Å²) >= 11 is 6.05. The van der Waals surface area contributed by atoms with E-state index >= 15 is 0 Å². The molecular formula is C13H9ClF3NO3. The summed E-state index contributed by atoms with van der Waals surface area (Å²) in [6, 6.07) is 7.11. The van der Waals surface area contributed by atoms with Gasteiger partial charge in [0.05, 0.1) is 17.0 Å². The van der Waals surface area contributed by atoms with Gasteiger partial charge in [0.15, 0.2) is 0 Å². The van der Waals surface area contributed by atoms with Crippen molar-refractivity contribution in [1.29, 1.82) is 0 Å². The van der Waals surface area contributed by atoms with Gasteiger partial charge in [-0.15, -0.1) is 11.6 Å². The standard InChI is InChI=1S/C13H9ClF3NO3/c14-10(11-5-6-12(21-11)18(19)20)7-8-1-3-9(4-2-8)13(15,16)17/h1-6,10H,7H2. The number of furan rings is 1. The molecule has 8 heteroatoms. The molecule has 0 aliphatic rings. The van der Waals surface area contributed by atoms with E-state index in [1.54, 1.807) is 0 Å². The number of nitro groups is 1. The molecule has 0 aliphatic carbocycles. The summed E-state index contributed by atoms with van der Waals surface area (Å²) in [5, 5.41) is 9.79. The third-order valence-corrected chi connectivity index (χ3v) is 3.17. The molecule has 1 atom stereocenters. The molecule has 1 unspecified atom stereocenters. The van der Waals surface area contributed by atoms with Crippen molar-refractivity contribution in [3.8, 4) is 0 Å². The molecule has 0 radical (unpaired) electrons. The lowest BCUT2D eigenvalue weighted by Gasteiger charge is -2.09. The molecule has 2 aromatic rings. The largest absolute Gasteiger partial charge is 0.433 e. The van der Waals surface area contributed by atoms with E-state index in [1.165, 1.54) is 24.3 Å². The highest BCUT2D eigenvalue weighted by Gasteiger charge is 2.30. The van der Waals surface area contributed by atoms with Crippen LogP contribution in [-0.4, -0.2) is 4.92 Å². The van der Waals surface area contributed by atoms with Crippen molar-refractivity contribution in [2.45, 2.75) is 18.0 Å². The minimum absolute atomic E-state index is 0.197. The Morgan fingerprint density at radius 2 is 1.81 bits per heavy atom. The fourth-order valence-corrected chi connectivity index (χ4v) is 2.04. The molecule has 0 fully saturated rings. The van der Waals surface area contributed by atoms with Crippen molar-refractivity contribution in [2.24, 2.45) is 0 Å². The van der Waals surface area contributed by atoms with Crippen LogP contribution in [0.1, 0.15) is 22.3 Å². The molecule has 1 heterocycles. The second kappa shape index (κ2) is 5.77. The molecule has 0 N–H and O–H groups in total. The predicted molar refractivity (Wildman–Crippen MR) is 69.1 cm³/mol. The Balaban J connectivity index is 2.08. The number of hydrogen-bond donors (Lipinski definition) is 0. The SMILES string of the molecule is O=[N+]([O-])c1ccc(C(Cl)Cc2ccc(C(F)(F)F)cc2)o1. The van der Waals surface area contributed by atoms with Gasteiger partial charge in [-0.2, -0.15) is 13.2 Å². The molecule has 0 amide bonds. The number of benzene rings is 1. The summed E-state index contributed by atoms with van der Waals surface area (Å²) in [7, 11) is 0. The van der Waals surface area contributed by atoms with Crippen molar-refractivity contribution < 1.29 is 22.5 Å². The quantitative estimate of drug-likeness (QED) is 0.465. The van der Waals surface area contributed by atoms with E-state index < -0.39 is 27.9 Å². The first-order chi connectivity index (χ1) is 9.77. The lowest BCUT2D eigenvalue weighted by molar-refractivity contribution is -0.402. The van der Waals surface area contributed by atoms with Gasteiger partial charge >= 0.3 is 12.1 Å². The van der Waals surface area contributed by atoms with Crippen LogP contribution in [0.4, 0.5) is 19.1 Å². The zero-order valence-corrected chi connectivity index (χ0v) is 11.2. The van der Waals surface area contributed by atoms with Gasteiger partial charge in [-0.3, -0.25) is 10.1 Å². The third-order valence-electron chi connectivity index (χ3n) is 2.80. The summed E-state index contributed by atoms with van der Waals surface area (Å²) in [5.41, 5.74) is -0.173. The average Bonchev–Trinajstić information content (AvgIpc) is 2.88. The van der Waals surface area contributed by atoms with Crippen LogP contribution in [0.3, 0.4) is 0 Å². The van der Waals surface area contributed by atoms with Crippen LogP contribution in [0.25, 0.3) is 0 Å². The van der Waals surface area contributed by atoms with Crippen molar-refractivity contribution in [3.63, 3.8) is 0 Å². The Morgan fingerprint density at radius 1 is 1.19 bits per heavy atom. The van der Waals surface area contributed by atoms with Crippen molar-refractivity contribution >= 4 is 17.5 Å². The smallest absolute Gasteiger partial charge is 0.404 e. The summed E-state index contributed by atoms with van der Waals surface area (Å²) in [6.45, 7) is 0. The number of hydrogen-bond acceptors (Lipinski definition) is 3. The van der Waals surface area contributed by atoms with E-state index in [2.05, 4.69) is 0 Å².